The van der Waals surface area contributed by atoms with Crippen molar-refractivity contribution in [2.45, 2.75) is 5.41 Å². The lowest BCUT2D eigenvalue weighted by molar-refractivity contribution is 0.268. The van der Waals surface area contributed by atoms with Crippen LogP contribution in [0.25, 0.3) is 11.1 Å². The van der Waals surface area contributed by atoms with E-state index >= 15 is 0 Å². The minimum absolute atomic E-state index is 1.33. The van der Waals surface area contributed by atoms with Crippen molar-refractivity contribution in [3.63, 3.8) is 0 Å². The van der Waals surface area contributed by atoms with Gasteiger partial charge in [0.25, 0.3) is 0 Å². The van der Waals surface area contributed by atoms with Gasteiger partial charge in [-0.2, -0.15) is 0 Å². The molecule has 6 heteroatoms. The summed E-state index contributed by atoms with van der Waals surface area (Å²) in [6, 6.07) is 8.48. The second-order valence-electron chi connectivity index (χ2n) is 2.62. The Morgan fingerprint density at radius 3 is 1.50 bits per heavy atom. The van der Waals surface area contributed by atoms with E-state index in [4.69, 9.17) is 39.9 Å². The Morgan fingerprint density at radius 1 is 1.07 bits per heavy atom. The molecule has 1 N–H and O–H groups in total. The van der Waals surface area contributed by atoms with Crippen LogP contribution in [0.1, 0.15) is 0 Å². The van der Waals surface area contributed by atoms with Crippen molar-refractivity contribution < 1.29 is 5.11 Å². The predicted molar refractivity (Wildman–Crippen MR) is 78.7 cm³/mol. The molecule has 2 aliphatic rings. The van der Waals surface area contributed by atoms with E-state index in [0.717, 1.165) is 0 Å². The minimum atomic E-state index is -1.62. The number of hydrogen-bond donors (Lipinski definition) is 1. The fourth-order valence-corrected chi connectivity index (χ4v) is 0.676. The zero-order valence-corrected chi connectivity index (χ0v) is 13.2. The van der Waals surface area contributed by atoms with Crippen LogP contribution in [0.3, 0.4) is 0 Å². The lowest BCUT2D eigenvalue weighted by atomic mass is 10.6. The quantitative estimate of drug-likeness (QED) is 0.437. The molecule has 14 heavy (non-hydrogen) atoms. The van der Waals surface area contributed by atoms with Crippen LogP contribution in [0, 0.1) is 0 Å². The molecule has 0 saturated heterocycles. The van der Waals surface area contributed by atoms with Gasteiger partial charge in [0.15, 0.2) is 0 Å². The first kappa shape index (κ1) is 13.6. The third-order valence-corrected chi connectivity index (χ3v) is 5.81. The number of halogens is 5. The Labute approximate surface area is 124 Å². The maximum absolute atomic E-state index is 8.93. The molecule has 78 valence electrons. The van der Waals surface area contributed by atoms with E-state index in [9.17, 15) is 0 Å². The van der Waals surface area contributed by atoms with Crippen molar-refractivity contribution in [3.05, 3.63) is 24.3 Å². The van der Waals surface area contributed by atoms with Gasteiger partial charge in [0.05, 0.1) is 0 Å². The van der Waals surface area contributed by atoms with Crippen LogP contribution in [0.5, 0.6) is 0 Å². The van der Waals surface area contributed by atoms with Gasteiger partial charge in [0.1, 0.15) is 0 Å². The first-order valence-electron chi connectivity index (χ1n) is 3.49. The Balaban J connectivity index is 0.000000143. The van der Waals surface area contributed by atoms with Crippen LogP contribution < -0.4 is 0 Å². The molecular formula is C8H5Cl3I2O. The highest BCUT2D eigenvalue weighted by atomic mass is 127. The zero-order valence-electron chi connectivity index (χ0n) is 6.65. The van der Waals surface area contributed by atoms with E-state index in [1.165, 1.54) is 11.1 Å². The molecule has 1 nitrogen and oxygen atoms in total. The van der Waals surface area contributed by atoms with Gasteiger partial charge >= 0.3 is 0 Å². The molecule has 2 rings (SSSR count). The Hall–Kier alpha value is 1.51. The molecule has 0 radical (unpaired) electrons. The molecule has 0 amide bonds. The van der Waals surface area contributed by atoms with Gasteiger partial charge in [0, 0.05) is 0 Å². The van der Waals surface area contributed by atoms with E-state index < -0.39 is 5.41 Å². The van der Waals surface area contributed by atoms with Gasteiger partial charge in [-0.15, -0.1) is 0 Å². The van der Waals surface area contributed by atoms with Crippen LogP contribution in [-0.4, -0.2) is 10.5 Å². The first-order valence-corrected chi connectivity index (χ1v) is 6.78. The normalized spacial score (nSPS) is 13.0. The van der Waals surface area contributed by atoms with E-state index in [1.807, 2.05) is 0 Å². The molecular weight excluding hydrogens is 472 g/mol. The van der Waals surface area contributed by atoms with Crippen LogP contribution >= 0.6 is 80.0 Å². The first-order chi connectivity index (χ1) is 6.22. The zero-order chi connectivity index (χ0) is 11.0. The lowest BCUT2D eigenvalue weighted by Gasteiger charge is -2.21. The Kier molecular flexibility index (Phi) is 4.65. The van der Waals surface area contributed by atoms with Gasteiger partial charge in [-0.05, 0) is 62.4 Å². The third kappa shape index (κ3) is 4.17. The minimum Gasteiger partial charge on any atom is -0.367 e. The largest absolute Gasteiger partial charge is 0.367 e. The molecule has 0 atom stereocenters. The molecule has 0 spiro atoms. The summed E-state index contributed by atoms with van der Waals surface area (Å²) in [4.78, 5) is 0. The monoisotopic (exact) mass is 476 g/mol. The van der Waals surface area contributed by atoms with E-state index in [1.54, 1.807) is 45.2 Å². The van der Waals surface area contributed by atoms with E-state index in [0.29, 0.717) is 0 Å². The van der Waals surface area contributed by atoms with Gasteiger partial charge in [0.2, 0.25) is 5.41 Å². The van der Waals surface area contributed by atoms with Gasteiger partial charge in [-0.1, -0.05) is 53.0 Å². The fraction of sp³-hybridized carbons (Fsp3) is 0.250. The van der Waals surface area contributed by atoms with E-state index in [2.05, 4.69) is 24.3 Å². The molecule has 2 aliphatic carbocycles. The summed E-state index contributed by atoms with van der Waals surface area (Å²) in [7, 11) is 0. The summed E-state index contributed by atoms with van der Waals surface area (Å²) in [6.45, 7) is 0. The molecule has 0 saturated carbocycles. The molecule has 0 aromatic carbocycles. The average Bonchev–Trinajstić information content (AvgIpc) is 2.56. The number of alkyl halides is 5. The van der Waals surface area contributed by atoms with Crippen LogP contribution in [0.15, 0.2) is 24.3 Å². The van der Waals surface area contributed by atoms with Crippen molar-refractivity contribution in [2.24, 2.45) is 0 Å². The predicted octanol–water partition coefficient (Wildman–Crippen LogP) is 4.54. The second-order valence-corrected chi connectivity index (χ2v) is 10.1. The highest BCUT2D eigenvalue weighted by Crippen LogP contribution is 2.46. The molecule has 0 bridgehead atoms. The summed E-state index contributed by atoms with van der Waals surface area (Å²) < 4.78 is -2.94. The van der Waals surface area contributed by atoms with Gasteiger partial charge in [-0.25, -0.2) is 0 Å². The number of fused-ring (bicyclic) bond motifs is 1. The van der Waals surface area contributed by atoms with Crippen LogP contribution in [-0.2, 0) is 0 Å². The number of hydrogen-bond acceptors (Lipinski definition) is 1. The third-order valence-electron chi connectivity index (χ3n) is 1.45. The maximum atomic E-state index is 8.93. The topological polar surface area (TPSA) is 20.2 Å². The average molecular weight is 477 g/mol. The summed E-state index contributed by atoms with van der Waals surface area (Å²) in [5, 5.41) is 8.93. The van der Waals surface area contributed by atoms with Crippen molar-refractivity contribution in [1.29, 1.82) is 0 Å². The number of benzene rings is 1. The molecule has 0 unspecified atom stereocenters. The highest BCUT2D eigenvalue weighted by Gasteiger charge is 2.42. The summed E-state index contributed by atoms with van der Waals surface area (Å²) in [5.41, 5.74) is 2.85. The molecule has 0 heterocycles. The maximum Gasteiger partial charge on any atom is 0.237 e. The van der Waals surface area contributed by atoms with Crippen molar-refractivity contribution in [2.75, 3.05) is 0 Å². The smallest absolute Gasteiger partial charge is 0.237 e. The second kappa shape index (κ2) is 4.79. The lowest BCUT2D eigenvalue weighted by Crippen LogP contribution is -2.28. The highest BCUT2D eigenvalue weighted by molar-refractivity contribution is 14.2. The molecule has 0 fully saturated rings. The standard InChI is InChI=1S/C6H4.C2HCl3I2O/c1-2-5-4-6(5)3-1;3-1(4,5)2(6,7)8/h1-4H;8H. The van der Waals surface area contributed by atoms with Crippen LogP contribution in [0.2, 0.25) is 0 Å². The molecule has 0 aromatic rings. The van der Waals surface area contributed by atoms with Crippen molar-refractivity contribution in [1.82, 2.24) is 0 Å². The molecule has 0 aliphatic heterocycles. The van der Waals surface area contributed by atoms with E-state index in [-0.39, 0.29) is 0 Å². The fourth-order valence-electron chi connectivity index (χ4n) is 0.676. The van der Waals surface area contributed by atoms with Crippen molar-refractivity contribution in [3.8, 4) is 11.1 Å². The Bertz CT molecular complexity index is 301. The Morgan fingerprint density at radius 2 is 1.43 bits per heavy atom. The summed E-state index contributed by atoms with van der Waals surface area (Å²) in [5.74, 6) is 0. The SMILES string of the molecule is OC(I)(I)C(Cl)(Cl)Cl.c1cc2cc-2c1. The van der Waals surface area contributed by atoms with Crippen LogP contribution in [0.4, 0.5) is 0 Å². The van der Waals surface area contributed by atoms with Gasteiger partial charge < -0.3 is 5.11 Å². The molecule has 0 aromatic heterocycles. The number of aliphatic hydroxyl groups is 1. The number of rotatable bonds is 0. The van der Waals surface area contributed by atoms with Crippen molar-refractivity contribution >= 4 is 80.0 Å². The summed E-state index contributed by atoms with van der Waals surface area (Å²) in [6.07, 6.45) is 0. The van der Waals surface area contributed by atoms with Gasteiger partial charge in [-0.3, -0.25) is 0 Å². The summed E-state index contributed by atoms with van der Waals surface area (Å²) >= 11 is 19.1.